The minimum absolute atomic E-state index is 0.247. The van der Waals surface area contributed by atoms with Crippen molar-refractivity contribution in [3.05, 3.63) is 42.5 Å². The third-order valence-corrected chi connectivity index (χ3v) is 3.64. The Morgan fingerprint density at radius 3 is 2.37 bits per heavy atom. The first-order valence-corrected chi connectivity index (χ1v) is 6.28. The maximum absolute atomic E-state index is 11.8. The number of anilines is 1. The van der Waals surface area contributed by atoms with E-state index in [4.69, 9.17) is 4.74 Å². The Morgan fingerprint density at radius 1 is 1.11 bits per heavy atom. The number of esters is 1. The highest BCUT2D eigenvalue weighted by atomic mass is 16.5. The first-order chi connectivity index (χ1) is 8.96. The quantitative estimate of drug-likeness (QED) is 0.791. The van der Waals surface area contributed by atoms with Crippen molar-refractivity contribution in [2.24, 2.45) is 0 Å². The zero-order valence-corrected chi connectivity index (χ0v) is 11.8. The number of carbonyl (C=O) groups excluding carboxylic acids is 1. The molecule has 2 aromatic carbocycles. The maximum atomic E-state index is 11.8. The van der Waals surface area contributed by atoms with Gasteiger partial charge < -0.3 is 9.64 Å². The molecule has 0 amide bonds. The SMILES string of the molecule is COC(=O)C(C)(C)N(C)c1ccc2ccccc2c1. The van der Waals surface area contributed by atoms with Crippen LogP contribution in [0, 0.1) is 0 Å². The Labute approximate surface area is 113 Å². The van der Waals surface area contributed by atoms with E-state index in [9.17, 15) is 4.79 Å². The Balaban J connectivity index is 2.41. The number of hydrogen-bond donors (Lipinski definition) is 0. The summed E-state index contributed by atoms with van der Waals surface area (Å²) in [4.78, 5) is 13.8. The van der Waals surface area contributed by atoms with Gasteiger partial charge in [0.2, 0.25) is 0 Å². The molecule has 0 N–H and O–H groups in total. The number of likely N-dealkylation sites (N-methyl/N-ethyl adjacent to an activating group) is 1. The van der Waals surface area contributed by atoms with Gasteiger partial charge in [-0.05, 0) is 36.8 Å². The molecule has 0 aliphatic carbocycles. The van der Waals surface area contributed by atoms with Crippen LogP contribution in [0.5, 0.6) is 0 Å². The van der Waals surface area contributed by atoms with E-state index in [0.717, 1.165) is 11.1 Å². The van der Waals surface area contributed by atoms with Gasteiger partial charge in [0.1, 0.15) is 5.54 Å². The molecule has 0 saturated heterocycles. The molecule has 0 radical (unpaired) electrons. The molecule has 0 saturated carbocycles. The highest BCUT2D eigenvalue weighted by Gasteiger charge is 2.33. The molecule has 2 rings (SSSR count). The van der Waals surface area contributed by atoms with Gasteiger partial charge in [0.15, 0.2) is 0 Å². The number of fused-ring (bicyclic) bond motifs is 1. The second-order valence-corrected chi connectivity index (χ2v) is 5.14. The minimum atomic E-state index is -0.697. The lowest BCUT2D eigenvalue weighted by Gasteiger charge is -2.34. The molecular weight excluding hydrogens is 238 g/mol. The van der Waals surface area contributed by atoms with Gasteiger partial charge in [0.05, 0.1) is 7.11 Å². The molecule has 0 bridgehead atoms. The third-order valence-electron chi connectivity index (χ3n) is 3.64. The van der Waals surface area contributed by atoms with Crippen molar-refractivity contribution in [3.63, 3.8) is 0 Å². The van der Waals surface area contributed by atoms with E-state index in [1.165, 1.54) is 12.5 Å². The fourth-order valence-corrected chi connectivity index (χ4v) is 2.09. The average molecular weight is 257 g/mol. The van der Waals surface area contributed by atoms with Crippen LogP contribution in [0.3, 0.4) is 0 Å². The molecule has 2 aromatic rings. The summed E-state index contributed by atoms with van der Waals surface area (Å²) in [7, 11) is 3.32. The molecule has 0 atom stereocenters. The van der Waals surface area contributed by atoms with Gasteiger partial charge in [-0.3, -0.25) is 0 Å². The van der Waals surface area contributed by atoms with Gasteiger partial charge in [-0.1, -0.05) is 30.3 Å². The summed E-state index contributed by atoms with van der Waals surface area (Å²) in [6.07, 6.45) is 0. The first-order valence-electron chi connectivity index (χ1n) is 6.28. The van der Waals surface area contributed by atoms with Crippen LogP contribution in [0.4, 0.5) is 5.69 Å². The number of hydrogen-bond acceptors (Lipinski definition) is 3. The molecule has 0 aliphatic rings. The highest BCUT2D eigenvalue weighted by molar-refractivity contribution is 5.88. The Morgan fingerprint density at radius 2 is 1.74 bits per heavy atom. The normalized spacial score (nSPS) is 11.4. The van der Waals surface area contributed by atoms with Crippen molar-refractivity contribution < 1.29 is 9.53 Å². The lowest BCUT2D eigenvalue weighted by atomic mass is 10.0. The van der Waals surface area contributed by atoms with Crippen molar-refractivity contribution in [3.8, 4) is 0 Å². The van der Waals surface area contributed by atoms with E-state index in [2.05, 4.69) is 24.3 Å². The summed E-state index contributed by atoms with van der Waals surface area (Å²) in [5.41, 5.74) is 0.297. The monoisotopic (exact) mass is 257 g/mol. The van der Waals surface area contributed by atoms with E-state index in [1.54, 1.807) is 0 Å². The van der Waals surface area contributed by atoms with Gasteiger partial charge in [-0.15, -0.1) is 0 Å². The van der Waals surface area contributed by atoms with Crippen LogP contribution in [-0.2, 0) is 9.53 Å². The molecule has 0 unspecified atom stereocenters. The number of methoxy groups -OCH3 is 1. The third kappa shape index (κ3) is 2.41. The molecule has 0 heterocycles. The zero-order valence-electron chi connectivity index (χ0n) is 11.8. The molecule has 3 nitrogen and oxygen atoms in total. The fourth-order valence-electron chi connectivity index (χ4n) is 2.09. The van der Waals surface area contributed by atoms with Gasteiger partial charge in [-0.2, -0.15) is 0 Å². The van der Waals surface area contributed by atoms with Crippen molar-refractivity contribution in [2.45, 2.75) is 19.4 Å². The number of carbonyl (C=O) groups is 1. The van der Waals surface area contributed by atoms with E-state index in [0.29, 0.717) is 0 Å². The molecule has 0 spiro atoms. The lowest BCUT2D eigenvalue weighted by Crippen LogP contribution is -2.48. The van der Waals surface area contributed by atoms with Gasteiger partial charge in [0.25, 0.3) is 0 Å². The molecule has 0 fully saturated rings. The van der Waals surface area contributed by atoms with Crippen LogP contribution in [0.25, 0.3) is 10.8 Å². The largest absolute Gasteiger partial charge is 0.467 e. The number of benzene rings is 2. The summed E-state index contributed by atoms with van der Waals surface area (Å²) >= 11 is 0. The van der Waals surface area contributed by atoms with Crippen molar-refractivity contribution in [1.82, 2.24) is 0 Å². The Bertz CT molecular complexity index is 604. The molecule has 0 aliphatic heterocycles. The number of ether oxygens (including phenoxy) is 1. The standard InChI is InChI=1S/C16H19NO2/c1-16(2,15(18)19-4)17(3)14-10-9-12-7-5-6-8-13(12)11-14/h5-11H,1-4H3. The van der Waals surface area contributed by atoms with E-state index in [-0.39, 0.29) is 5.97 Å². The minimum Gasteiger partial charge on any atom is -0.467 e. The van der Waals surface area contributed by atoms with Crippen molar-refractivity contribution in [1.29, 1.82) is 0 Å². The smallest absolute Gasteiger partial charge is 0.331 e. The van der Waals surface area contributed by atoms with Crippen LogP contribution in [0.1, 0.15) is 13.8 Å². The predicted octanol–water partition coefficient (Wildman–Crippen LogP) is 3.23. The Hall–Kier alpha value is -2.03. The maximum Gasteiger partial charge on any atom is 0.331 e. The molecule has 19 heavy (non-hydrogen) atoms. The topological polar surface area (TPSA) is 29.5 Å². The summed E-state index contributed by atoms with van der Waals surface area (Å²) in [5, 5.41) is 2.35. The number of nitrogens with zero attached hydrogens (tertiary/aromatic N) is 1. The van der Waals surface area contributed by atoms with Crippen molar-refractivity contribution >= 4 is 22.4 Å². The second kappa shape index (κ2) is 4.92. The summed E-state index contributed by atoms with van der Waals surface area (Å²) in [6, 6.07) is 14.3. The first kappa shape index (κ1) is 13.4. The summed E-state index contributed by atoms with van der Waals surface area (Å²) in [6.45, 7) is 3.71. The van der Waals surface area contributed by atoms with Crippen LogP contribution in [-0.4, -0.2) is 25.7 Å². The highest BCUT2D eigenvalue weighted by Crippen LogP contribution is 2.26. The van der Waals surface area contributed by atoms with Gasteiger partial charge >= 0.3 is 5.97 Å². The van der Waals surface area contributed by atoms with Gasteiger partial charge in [0, 0.05) is 12.7 Å². The van der Waals surface area contributed by atoms with E-state index in [1.807, 2.05) is 44.0 Å². The predicted molar refractivity (Wildman–Crippen MR) is 78.4 cm³/mol. The summed E-state index contributed by atoms with van der Waals surface area (Å²) < 4.78 is 4.86. The summed E-state index contributed by atoms with van der Waals surface area (Å²) in [5.74, 6) is -0.247. The Kier molecular flexibility index (Phi) is 3.47. The molecule has 3 heteroatoms. The van der Waals surface area contributed by atoms with Crippen LogP contribution < -0.4 is 4.90 Å². The van der Waals surface area contributed by atoms with E-state index < -0.39 is 5.54 Å². The van der Waals surface area contributed by atoms with Crippen molar-refractivity contribution in [2.75, 3.05) is 19.1 Å². The van der Waals surface area contributed by atoms with E-state index >= 15 is 0 Å². The fraction of sp³-hybridized carbons (Fsp3) is 0.312. The molecule has 100 valence electrons. The van der Waals surface area contributed by atoms with Crippen LogP contribution in [0.15, 0.2) is 42.5 Å². The van der Waals surface area contributed by atoms with Gasteiger partial charge in [-0.25, -0.2) is 4.79 Å². The average Bonchev–Trinajstić information content (AvgIpc) is 2.44. The zero-order chi connectivity index (χ0) is 14.0. The second-order valence-electron chi connectivity index (χ2n) is 5.14. The van der Waals surface area contributed by atoms with Crippen LogP contribution in [0.2, 0.25) is 0 Å². The lowest BCUT2D eigenvalue weighted by molar-refractivity contribution is -0.145. The number of rotatable bonds is 3. The molecule has 0 aromatic heterocycles. The van der Waals surface area contributed by atoms with Crippen LogP contribution >= 0.6 is 0 Å². The molecular formula is C16H19NO2.